The lowest BCUT2D eigenvalue weighted by molar-refractivity contribution is 0.142. The van der Waals surface area contributed by atoms with E-state index < -0.39 is 0 Å². The van der Waals surface area contributed by atoms with E-state index in [1.165, 1.54) is 5.56 Å². The minimum Gasteiger partial charge on any atom is -0.329 e. The Morgan fingerprint density at radius 1 is 1.25 bits per heavy atom. The van der Waals surface area contributed by atoms with Gasteiger partial charge in [0, 0.05) is 12.1 Å². The van der Waals surface area contributed by atoms with E-state index in [9.17, 15) is 0 Å². The van der Waals surface area contributed by atoms with E-state index in [1.54, 1.807) is 0 Å². The zero-order valence-corrected chi connectivity index (χ0v) is 10.7. The minimum atomic E-state index is 0.116. The van der Waals surface area contributed by atoms with Gasteiger partial charge in [-0.15, -0.1) is 0 Å². The predicted octanol–water partition coefficient (Wildman–Crippen LogP) is 2.29. The van der Waals surface area contributed by atoms with Gasteiger partial charge in [0.1, 0.15) is 0 Å². The lowest BCUT2D eigenvalue weighted by atomic mass is 9.92. The third-order valence-corrected chi connectivity index (χ3v) is 3.63. The monoisotopic (exact) mass is 220 g/mol. The molecule has 16 heavy (non-hydrogen) atoms. The number of hydrogen-bond acceptors (Lipinski definition) is 2. The van der Waals surface area contributed by atoms with Crippen molar-refractivity contribution < 1.29 is 0 Å². The molecule has 0 aliphatic heterocycles. The quantitative estimate of drug-likeness (QED) is 0.797. The summed E-state index contributed by atoms with van der Waals surface area (Å²) in [6, 6.07) is 10.6. The van der Waals surface area contributed by atoms with Gasteiger partial charge in [-0.05, 0) is 38.9 Å². The summed E-state index contributed by atoms with van der Waals surface area (Å²) in [7, 11) is 2.15. The van der Waals surface area contributed by atoms with Crippen LogP contribution in [0.4, 0.5) is 0 Å². The Kier molecular flexibility index (Phi) is 4.97. The van der Waals surface area contributed by atoms with Crippen LogP contribution in [0.2, 0.25) is 0 Å². The zero-order valence-electron chi connectivity index (χ0n) is 10.7. The summed E-state index contributed by atoms with van der Waals surface area (Å²) in [6.45, 7) is 6.18. The molecule has 0 heterocycles. The molecule has 0 spiro atoms. The van der Waals surface area contributed by atoms with E-state index in [0.29, 0.717) is 6.54 Å². The standard InChI is InChI=1S/C14H24N2/c1-4-16(3)14(2,12-15)11-10-13-8-6-5-7-9-13/h5-9H,4,10-12,15H2,1-3H3. The van der Waals surface area contributed by atoms with Gasteiger partial charge in [0.05, 0.1) is 0 Å². The maximum absolute atomic E-state index is 5.91. The molecule has 2 N–H and O–H groups in total. The number of rotatable bonds is 6. The van der Waals surface area contributed by atoms with Gasteiger partial charge in [-0.1, -0.05) is 37.3 Å². The van der Waals surface area contributed by atoms with Gasteiger partial charge in [-0.2, -0.15) is 0 Å². The number of nitrogens with zero attached hydrogens (tertiary/aromatic N) is 1. The van der Waals surface area contributed by atoms with Crippen molar-refractivity contribution in [2.75, 3.05) is 20.1 Å². The molecule has 1 aromatic rings. The van der Waals surface area contributed by atoms with Crippen molar-refractivity contribution in [3.8, 4) is 0 Å². The smallest absolute Gasteiger partial charge is 0.0303 e. The van der Waals surface area contributed by atoms with Gasteiger partial charge in [0.15, 0.2) is 0 Å². The van der Waals surface area contributed by atoms with Gasteiger partial charge in [-0.3, -0.25) is 4.90 Å². The molecule has 1 aromatic carbocycles. The molecule has 0 saturated carbocycles. The molecule has 0 amide bonds. The third-order valence-electron chi connectivity index (χ3n) is 3.63. The summed E-state index contributed by atoms with van der Waals surface area (Å²) >= 11 is 0. The van der Waals surface area contributed by atoms with Gasteiger partial charge >= 0.3 is 0 Å². The first-order chi connectivity index (χ1) is 7.62. The molecule has 1 atom stereocenters. The Hall–Kier alpha value is -0.860. The molecule has 2 heteroatoms. The van der Waals surface area contributed by atoms with Gasteiger partial charge < -0.3 is 5.73 Å². The summed E-state index contributed by atoms with van der Waals surface area (Å²) in [4.78, 5) is 2.34. The Morgan fingerprint density at radius 3 is 2.38 bits per heavy atom. The number of likely N-dealkylation sites (N-methyl/N-ethyl adjacent to an activating group) is 1. The highest BCUT2D eigenvalue weighted by Gasteiger charge is 2.25. The highest BCUT2D eigenvalue weighted by molar-refractivity contribution is 5.15. The molecule has 0 aliphatic carbocycles. The molecule has 0 bridgehead atoms. The van der Waals surface area contributed by atoms with Crippen molar-refractivity contribution in [3.63, 3.8) is 0 Å². The van der Waals surface area contributed by atoms with E-state index in [0.717, 1.165) is 19.4 Å². The van der Waals surface area contributed by atoms with Gasteiger partial charge in [0.25, 0.3) is 0 Å². The highest BCUT2D eigenvalue weighted by Crippen LogP contribution is 2.19. The second-order valence-corrected chi connectivity index (χ2v) is 4.70. The summed E-state index contributed by atoms with van der Waals surface area (Å²) in [5.41, 5.74) is 7.42. The van der Waals surface area contributed by atoms with Crippen LogP contribution in [0, 0.1) is 0 Å². The molecule has 0 radical (unpaired) electrons. The molecule has 0 aliphatic rings. The topological polar surface area (TPSA) is 29.3 Å². The Labute approximate surface area is 99.5 Å². The van der Waals surface area contributed by atoms with Crippen molar-refractivity contribution >= 4 is 0 Å². The third kappa shape index (κ3) is 3.32. The van der Waals surface area contributed by atoms with Gasteiger partial charge in [-0.25, -0.2) is 0 Å². The second-order valence-electron chi connectivity index (χ2n) is 4.70. The number of benzene rings is 1. The van der Waals surface area contributed by atoms with Crippen LogP contribution in [-0.2, 0) is 6.42 Å². The summed E-state index contributed by atoms with van der Waals surface area (Å²) < 4.78 is 0. The highest BCUT2D eigenvalue weighted by atomic mass is 15.2. The maximum Gasteiger partial charge on any atom is 0.0303 e. The first-order valence-electron chi connectivity index (χ1n) is 6.07. The van der Waals surface area contributed by atoms with Crippen molar-refractivity contribution in [2.45, 2.75) is 32.2 Å². The molecule has 0 fully saturated rings. The fourth-order valence-corrected chi connectivity index (χ4v) is 1.89. The van der Waals surface area contributed by atoms with E-state index in [-0.39, 0.29) is 5.54 Å². The van der Waals surface area contributed by atoms with Crippen LogP contribution in [0.5, 0.6) is 0 Å². The Bertz CT molecular complexity index is 297. The van der Waals surface area contributed by atoms with E-state index in [2.05, 4.69) is 56.1 Å². The number of aryl methyl sites for hydroxylation is 1. The van der Waals surface area contributed by atoms with Crippen molar-refractivity contribution in [3.05, 3.63) is 35.9 Å². The molecule has 1 unspecified atom stereocenters. The maximum atomic E-state index is 5.91. The van der Waals surface area contributed by atoms with E-state index in [1.807, 2.05) is 0 Å². The van der Waals surface area contributed by atoms with E-state index >= 15 is 0 Å². The minimum absolute atomic E-state index is 0.116. The first kappa shape index (κ1) is 13.2. The average Bonchev–Trinajstić information content (AvgIpc) is 2.36. The average molecular weight is 220 g/mol. The second kappa shape index (κ2) is 6.02. The Morgan fingerprint density at radius 2 is 1.88 bits per heavy atom. The van der Waals surface area contributed by atoms with Crippen LogP contribution in [0.3, 0.4) is 0 Å². The van der Waals surface area contributed by atoms with Crippen molar-refractivity contribution in [1.29, 1.82) is 0 Å². The number of nitrogens with two attached hydrogens (primary N) is 1. The molecular weight excluding hydrogens is 196 g/mol. The molecule has 0 aromatic heterocycles. The van der Waals surface area contributed by atoms with Crippen LogP contribution in [0.15, 0.2) is 30.3 Å². The van der Waals surface area contributed by atoms with Crippen LogP contribution in [-0.4, -0.2) is 30.6 Å². The fourth-order valence-electron chi connectivity index (χ4n) is 1.89. The summed E-state index contributed by atoms with van der Waals surface area (Å²) in [5.74, 6) is 0. The van der Waals surface area contributed by atoms with Crippen molar-refractivity contribution in [2.24, 2.45) is 5.73 Å². The zero-order chi connectivity index (χ0) is 12.0. The van der Waals surface area contributed by atoms with Crippen LogP contribution in [0.25, 0.3) is 0 Å². The van der Waals surface area contributed by atoms with Crippen LogP contribution in [0.1, 0.15) is 25.8 Å². The largest absolute Gasteiger partial charge is 0.329 e. The summed E-state index contributed by atoms with van der Waals surface area (Å²) in [6.07, 6.45) is 2.21. The molecule has 90 valence electrons. The molecule has 2 nitrogen and oxygen atoms in total. The fraction of sp³-hybridized carbons (Fsp3) is 0.571. The van der Waals surface area contributed by atoms with Gasteiger partial charge in [0.2, 0.25) is 0 Å². The molecule has 0 saturated heterocycles. The first-order valence-corrected chi connectivity index (χ1v) is 6.07. The predicted molar refractivity (Wildman–Crippen MR) is 70.5 cm³/mol. The number of hydrogen-bond donors (Lipinski definition) is 1. The molecular formula is C14H24N2. The SMILES string of the molecule is CCN(C)C(C)(CN)CCc1ccccc1. The summed E-state index contributed by atoms with van der Waals surface area (Å²) in [5, 5.41) is 0. The lowest BCUT2D eigenvalue weighted by Gasteiger charge is -2.37. The van der Waals surface area contributed by atoms with Crippen LogP contribution >= 0.6 is 0 Å². The normalized spacial score (nSPS) is 15.1. The Balaban J connectivity index is 2.58. The van der Waals surface area contributed by atoms with E-state index in [4.69, 9.17) is 5.73 Å². The molecule has 1 rings (SSSR count). The van der Waals surface area contributed by atoms with Crippen molar-refractivity contribution in [1.82, 2.24) is 4.90 Å². The van der Waals surface area contributed by atoms with Crippen LogP contribution < -0.4 is 5.73 Å². The lowest BCUT2D eigenvalue weighted by Crippen LogP contribution is -2.49.